The summed E-state index contributed by atoms with van der Waals surface area (Å²) in [5.74, 6) is -0.469. The number of fused-ring (bicyclic) bond motifs is 1. The number of nitrogens with one attached hydrogen (secondary N) is 3. The van der Waals surface area contributed by atoms with Gasteiger partial charge in [-0.15, -0.1) is 11.3 Å². The number of aryl methyl sites for hydroxylation is 2. The molecule has 7 nitrogen and oxygen atoms in total. The zero-order valence-corrected chi connectivity index (χ0v) is 15.8. The van der Waals surface area contributed by atoms with Crippen molar-refractivity contribution >= 4 is 29.1 Å². The topological polar surface area (TPSA) is 96.5 Å². The Hall–Kier alpha value is -2.87. The third kappa shape index (κ3) is 4.85. The van der Waals surface area contributed by atoms with Crippen LogP contribution in [0, 0.1) is 0 Å². The number of thiophene rings is 1. The van der Waals surface area contributed by atoms with Crippen molar-refractivity contribution in [2.75, 3.05) is 13.2 Å². The summed E-state index contributed by atoms with van der Waals surface area (Å²) in [4.78, 5) is 37.6. The van der Waals surface area contributed by atoms with Gasteiger partial charge in [-0.1, -0.05) is 0 Å². The third-order valence-electron chi connectivity index (χ3n) is 4.12. The number of hydrogen-bond donors (Lipinski definition) is 3. The molecule has 2 aromatic rings. The minimum Gasteiger partial charge on any atom is -0.484 e. The van der Waals surface area contributed by atoms with E-state index in [9.17, 15) is 14.4 Å². The summed E-state index contributed by atoms with van der Waals surface area (Å²) < 4.78 is 5.33. The van der Waals surface area contributed by atoms with Crippen molar-refractivity contribution in [2.45, 2.75) is 26.2 Å². The minimum absolute atomic E-state index is 0.0831. The third-order valence-corrected chi connectivity index (χ3v) is 5.36. The van der Waals surface area contributed by atoms with Crippen LogP contribution in [0.15, 0.2) is 30.3 Å². The van der Waals surface area contributed by atoms with Crippen LogP contribution >= 0.6 is 11.3 Å². The van der Waals surface area contributed by atoms with Gasteiger partial charge in [0.2, 0.25) is 0 Å². The monoisotopic (exact) mass is 387 g/mol. The van der Waals surface area contributed by atoms with Gasteiger partial charge in [0.15, 0.2) is 6.61 Å². The molecule has 0 saturated carbocycles. The Morgan fingerprint density at radius 3 is 2.52 bits per heavy atom. The van der Waals surface area contributed by atoms with E-state index in [1.54, 1.807) is 24.3 Å². The van der Waals surface area contributed by atoms with E-state index >= 15 is 0 Å². The number of rotatable bonds is 6. The van der Waals surface area contributed by atoms with Gasteiger partial charge >= 0.3 is 0 Å². The standard InChI is InChI=1S/C19H21N3O4S/c1-2-20-17(23)11-26-14-8-6-12(7-9-14)18(24)21-22-19(25)16-10-13-4-3-5-15(13)27-16/h6-10H,2-5,11H2,1H3,(H,20,23)(H,21,24)(H,22,25). The molecule has 0 radical (unpaired) electrons. The molecule has 0 fully saturated rings. The molecule has 3 N–H and O–H groups in total. The molecule has 3 rings (SSSR count). The lowest BCUT2D eigenvalue weighted by molar-refractivity contribution is -0.122. The number of hydrogen-bond acceptors (Lipinski definition) is 5. The Balaban J connectivity index is 1.48. The van der Waals surface area contributed by atoms with E-state index in [1.165, 1.54) is 21.8 Å². The number of carbonyl (C=O) groups is 3. The molecule has 1 aromatic carbocycles. The molecule has 0 atom stereocenters. The maximum Gasteiger partial charge on any atom is 0.279 e. The summed E-state index contributed by atoms with van der Waals surface area (Å²) in [5, 5.41) is 2.63. The molecule has 27 heavy (non-hydrogen) atoms. The van der Waals surface area contributed by atoms with Crippen molar-refractivity contribution < 1.29 is 19.1 Å². The number of amides is 3. The van der Waals surface area contributed by atoms with E-state index in [1.807, 2.05) is 13.0 Å². The second-order valence-electron chi connectivity index (χ2n) is 6.09. The van der Waals surface area contributed by atoms with Crippen molar-refractivity contribution in [3.63, 3.8) is 0 Å². The Morgan fingerprint density at radius 2 is 1.81 bits per heavy atom. The van der Waals surface area contributed by atoms with Crippen molar-refractivity contribution in [3.8, 4) is 5.75 Å². The number of ether oxygens (including phenoxy) is 1. The van der Waals surface area contributed by atoms with Gasteiger partial charge in [0.25, 0.3) is 17.7 Å². The van der Waals surface area contributed by atoms with Gasteiger partial charge in [-0.2, -0.15) is 0 Å². The number of hydrazine groups is 1. The van der Waals surface area contributed by atoms with Crippen LogP contribution in [0.4, 0.5) is 0 Å². The Bertz CT molecular complexity index is 824. The molecule has 0 aliphatic heterocycles. The highest BCUT2D eigenvalue weighted by Gasteiger charge is 2.18. The molecule has 1 aliphatic rings. The van der Waals surface area contributed by atoms with Crippen molar-refractivity contribution in [3.05, 3.63) is 51.2 Å². The van der Waals surface area contributed by atoms with Gasteiger partial charge < -0.3 is 10.1 Å². The van der Waals surface area contributed by atoms with Crippen molar-refractivity contribution in [1.82, 2.24) is 16.2 Å². The van der Waals surface area contributed by atoms with Gasteiger partial charge in [-0.3, -0.25) is 25.2 Å². The van der Waals surface area contributed by atoms with Gasteiger partial charge in [-0.25, -0.2) is 0 Å². The number of carbonyl (C=O) groups excluding carboxylic acids is 3. The number of benzene rings is 1. The van der Waals surface area contributed by atoms with Gasteiger partial charge in [0, 0.05) is 17.0 Å². The van der Waals surface area contributed by atoms with Crippen LogP contribution in [0.5, 0.6) is 5.75 Å². The fourth-order valence-electron chi connectivity index (χ4n) is 2.79. The first-order valence-corrected chi connectivity index (χ1v) is 9.60. The Labute approximate surface area is 161 Å². The van der Waals surface area contributed by atoms with E-state index in [0.29, 0.717) is 22.7 Å². The summed E-state index contributed by atoms with van der Waals surface area (Å²) in [6.45, 7) is 2.29. The molecule has 0 saturated heterocycles. The van der Waals surface area contributed by atoms with E-state index in [0.717, 1.165) is 19.3 Å². The smallest absolute Gasteiger partial charge is 0.279 e. The van der Waals surface area contributed by atoms with E-state index in [2.05, 4.69) is 16.2 Å². The first-order chi connectivity index (χ1) is 13.1. The minimum atomic E-state index is -0.428. The predicted molar refractivity (Wildman–Crippen MR) is 102 cm³/mol. The van der Waals surface area contributed by atoms with Crippen LogP contribution < -0.4 is 20.9 Å². The van der Waals surface area contributed by atoms with Crippen LogP contribution in [-0.4, -0.2) is 30.9 Å². The molecule has 1 aliphatic carbocycles. The normalized spacial score (nSPS) is 12.2. The summed E-state index contributed by atoms with van der Waals surface area (Å²) in [7, 11) is 0. The van der Waals surface area contributed by atoms with Gasteiger partial charge in [0.05, 0.1) is 4.88 Å². The van der Waals surface area contributed by atoms with Gasteiger partial charge in [0.1, 0.15) is 5.75 Å². The molecule has 0 bridgehead atoms. The molecule has 0 spiro atoms. The average Bonchev–Trinajstić information content (AvgIpc) is 3.27. The fraction of sp³-hybridized carbons (Fsp3) is 0.316. The van der Waals surface area contributed by atoms with Gasteiger partial charge in [-0.05, 0) is 62.1 Å². The summed E-state index contributed by atoms with van der Waals surface area (Å²) in [6, 6.07) is 8.22. The molecule has 8 heteroatoms. The second kappa shape index (κ2) is 8.68. The van der Waals surface area contributed by atoms with E-state index in [-0.39, 0.29) is 18.4 Å². The van der Waals surface area contributed by atoms with Crippen LogP contribution in [0.3, 0.4) is 0 Å². The highest BCUT2D eigenvalue weighted by atomic mass is 32.1. The average molecular weight is 387 g/mol. The highest BCUT2D eigenvalue weighted by Crippen LogP contribution is 2.30. The summed E-state index contributed by atoms with van der Waals surface area (Å²) in [6.07, 6.45) is 3.18. The second-order valence-corrected chi connectivity index (χ2v) is 7.22. The molecular weight excluding hydrogens is 366 g/mol. The molecule has 1 heterocycles. The largest absolute Gasteiger partial charge is 0.484 e. The first kappa shape index (κ1) is 18.9. The Kier molecular flexibility index (Phi) is 6.08. The number of likely N-dealkylation sites (N-methyl/N-ethyl adjacent to an activating group) is 1. The zero-order chi connectivity index (χ0) is 19.2. The summed E-state index contributed by atoms with van der Waals surface area (Å²) in [5.41, 5.74) is 6.46. The molecular formula is C19H21N3O4S. The zero-order valence-electron chi connectivity index (χ0n) is 15.0. The highest BCUT2D eigenvalue weighted by molar-refractivity contribution is 7.14. The van der Waals surface area contributed by atoms with Crippen LogP contribution in [0.1, 0.15) is 43.8 Å². The van der Waals surface area contributed by atoms with Crippen LogP contribution in [-0.2, 0) is 17.6 Å². The van der Waals surface area contributed by atoms with E-state index < -0.39 is 5.91 Å². The SMILES string of the molecule is CCNC(=O)COc1ccc(C(=O)NNC(=O)c2cc3c(s2)CCC3)cc1. The maximum absolute atomic E-state index is 12.2. The van der Waals surface area contributed by atoms with E-state index in [4.69, 9.17) is 4.74 Å². The lowest BCUT2D eigenvalue weighted by atomic mass is 10.2. The maximum atomic E-state index is 12.2. The molecule has 0 unspecified atom stereocenters. The van der Waals surface area contributed by atoms with Crippen molar-refractivity contribution in [1.29, 1.82) is 0 Å². The lowest BCUT2D eigenvalue weighted by Gasteiger charge is -2.08. The molecule has 3 amide bonds. The Morgan fingerprint density at radius 1 is 1.07 bits per heavy atom. The molecule has 1 aromatic heterocycles. The fourth-order valence-corrected chi connectivity index (χ4v) is 3.94. The molecule has 142 valence electrons. The van der Waals surface area contributed by atoms with Crippen LogP contribution in [0.25, 0.3) is 0 Å². The van der Waals surface area contributed by atoms with Crippen LogP contribution in [0.2, 0.25) is 0 Å². The quantitative estimate of drug-likeness (QED) is 0.659. The summed E-state index contributed by atoms with van der Waals surface area (Å²) >= 11 is 1.48. The van der Waals surface area contributed by atoms with Crippen molar-refractivity contribution in [2.24, 2.45) is 0 Å². The first-order valence-electron chi connectivity index (χ1n) is 8.78. The lowest BCUT2D eigenvalue weighted by Crippen LogP contribution is -2.41. The predicted octanol–water partition coefficient (Wildman–Crippen LogP) is 1.83.